The fourth-order valence-corrected chi connectivity index (χ4v) is 2.87. The monoisotopic (exact) mass is 319 g/mol. The van der Waals surface area contributed by atoms with Crippen LogP contribution in [0.2, 0.25) is 5.02 Å². The van der Waals surface area contributed by atoms with E-state index >= 15 is 0 Å². The fraction of sp³-hybridized carbons (Fsp3) is 0.400. The second-order valence-electron chi connectivity index (χ2n) is 5.48. The third-order valence-electron chi connectivity index (χ3n) is 3.79. The summed E-state index contributed by atoms with van der Waals surface area (Å²) in [5.41, 5.74) is 6.21. The lowest BCUT2D eigenvalue weighted by Gasteiger charge is -2.22. The molecule has 1 aliphatic carbocycles. The van der Waals surface area contributed by atoms with Crippen LogP contribution in [0.25, 0.3) is 11.4 Å². The lowest BCUT2D eigenvalue weighted by Crippen LogP contribution is -2.24. The Kier molecular flexibility index (Phi) is 4.29. The van der Waals surface area contributed by atoms with Crippen molar-refractivity contribution < 1.29 is 5.11 Å². The van der Waals surface area contributed by atoms with Crippen molar-refractivity contribution in [3.8, 4) is 17.1 Å². The van der Waals surface area contributed by atoms with Gasteiger partial charge in [-0.3, -0.25) is 0 Å². The summed E-state index contributed by atoms with van der Waals surface area (Å²) in [7, 11) is 0. The van der Waals surface area contributed by atoms with Gasteiger partial charge in [0.05, 0.1) is 5.56 Å². The van der Waals surface area contributed by atoms with Crippen molar-refractivity contribution in [3.05, 3.63) is 23.2 Å². The summed E-state index contributed by atoms with van der Waals surface area (Å²) in [5, 5.41) is 13.8. The minimum atomic E-state index is 0.0543. The molecule has 1 fully saturated rings. The van der Waals surface area contributed by atoms with E-state index in [1.165, 1.54) is 25.3 Å². The molecule has 0 bridgehead atoms. The van der Waals surface area contributed by atoms with Gasteiger partial charge in [-0.2, -0.15) is 15.0 Å². The Morgan fingerprint density at radius 3 is 2.68 bits per heavy atom. The maximum absolute atomic E-state index is 9.97. The molecular weight excluding hydrogens is 302 g/mol. The van der Waals surface area contributed by atoms with Crippen molar-refractivity contribution in [1.82, 2.24) is 15.0 Å². The number of nitrogens with two attached hydrogens (primary N) is 1. The number of aromatic nitrogens is 3. The summed E-state index contributed by atoms with van der Waals surface area (Å²) < 4.78 is 0. The Morgan fingerprint density at radius 1 is 1.14 bits per heavy atom. The van der Waals surface area contributed by atoms with Crippen molar-refractivity contribution in [2.45, 2.75) is 38.1 Å². The molecular formula is C15H18ClN5O. The van der Waals surface area contributed by atoms with E-state index in [0.717, 1.165) is 12.8 Å². The van der Waals surface area contributed by atoms with E-state index in [2.05, 4.69) is 20.3 Å². The Balaban J connectivity index is 1.90. The molecule has 116 valence electrons. The summed E-state index contributed by atoms with van der Waals surface area (Å²) in [5.74, 6) is 0.917. The van der Waals surface area contributed by atoms with Crippen molar-refractivity contribution >= 4 is 23.5 Å². The molecule has 0 aliphatic heterocycles. The summed E-state index contributed by atoms with van der Waals surface area (Å²) in [4.78, 5) is 12.6. The van der Waals surface area contributed by atoms with Crippen molar-refractivity contribution in [2.24, 2.45) is 0 Å². The number of phenolic OH excluding ortho intramolecular Hbond substituents is 1. The van der Waals surface area contributed by atoms with Crippen LogP contribution in [-0.4, -0.2) is 26.1 Å². The standard InChI is InChI=1S/C15H18ClN5O/c16-9-6-7-12(22)11(8-9)13-19-14(17)21-15(20-13)18-10-4-2-1-3-5-10/h6-8,10,22H,1-5H2,(H3,17,18,19,20,21). The number of hydrogen-bond donors (Lipinski definition) is 3. The Labute approximate surface area is 133 Å². The zero-order valence-electron chi connectivity index (χ0n) is 12.1. The summed E-state index contributed by atoms with van der Waals surface area (Å²) >= 11 is 5.97. The van der Waals surface area contributed by atoms with Gasteiger partial charge in [0.1, 0.15) is 5.75 Å². The van der Waals surface area contributed by atoms with Gasteiger partial charge in [-0.1, -0.05) is 30.9 Å². The predicted molar refractivity (Wildman–Crippen MR) is 86.8 cm³/mol. The molecule has 0 spiro atoms. The molecule has 7 heteroatoms. The minimum absolute atomic E-state index is 0.0543. The van der Waals surface area contributed by atoms with E-state index in [4.69, 9.17) is 17.3 Å². The smallest absolute Gasteiger partial charge is 0.228 e. The van der Waals surface area contributed by atoms with Gasteiger partial charge in [-0.15, -0.1) is 0 Å². The molecule has 3 rings (SSSR count). The second-order valence-corrected chi connectivity index (χ2v) is 5.92. The maximum atomic E-state index is 9.97. The first-order chi connectivity index (χ1) is 10.6. The molecule has 22 heavy (non-hydrogen) atoms. The largest absolute Gasteiger partial charge is 0.507 e. The first kappa shape index (κ1) is 14.8. The number of anilines is 2. The van der Waals surface area contributed by atoms with Gasteiger partial charge < -0.3 is 16.2 Å². The third-order valence-corrected chi connectivity index (χ3v) is 4.03. The van der Waals surface area contributed by atoms with Gasteiger partial charge >= 0.3 is 0 Å². The Hall–Kier alpha value is -2.08. The van der Waals surface area contributed by atoms with Gasteiger partial charge in [0.25, 0.3) is 0 Å². The molecule has 1 heterocycles. The molecule has 0 atom stereocenters. The lowest BCUT2D eigenvalue weighted by atomic mass is 9.96. The highest BCUT2D eigenvalue weighted by Crippen LogP contribution is 2.30. The van der Waals surface area contributed by atoms with Crippen LogP contribution in [0.4, 0.5) is 11.9 Å². The molecule has 0 radical (unpaired) electrons. The highest BCUT2D eigenvalue weighted by atomic mass is 35.5. The lowest BCUT2D eigenvalue weighted by molar-refractivity contribution is 0.460. The third kappa shape index (κ3) is 3.39. The number of rotatable bonds is 3. The van der Waals surface area contributed by atoms with Crippen LogP contribution in [0.15, 0.2) is 18.2 Å². The van der Waals surface area contributed by atoms with Crippen LogP contribution in [0, 0.1) is 0 Å². The number of nitrogen functional groups attached to an aromatic ring is 1. The molecule has 0 unspecified atom stereocenters. The summed E-state index contributed by atoms with van der Waals surface area (Å²) in [6, 6.07) is 5.07. The number of nitrogens with zero attached hydrogens (tertiary/aromatic N) is 3. The molecule has 1 saturated carbocycles. The SMILES string of the molecule is Nc1nc(NC2CCCCC2)nc(-c2cc(Cl)ccc2O)n1. The topological polar surface area (TPSA) is 97.0 Å². The van der Waals surface area contributed by atoms with Crippen LogP contribution in [0.1, 0.15) is 32.1 Å². The molecule has 2 aromatic rings. The zero-order valence-corrected chi connectivity index (χ0v) is 12.8. The summed E-state index contributed by atoms with van der Waals surface area (Å²) in [6.07, 6.45) is 5.90. The van der Waals surface area contributed by atoms with E-state index < -0.39 is 0 Å². The molecule has 4 N–H and O–H groups in total. The van der Waals surface area contributed by atoms with E-state index in [0.29, 0.717) is 28.4 Å². The highest BCUT2D eigenvalue weighted by Gasteiger charge is 2.16. The van der Waals surface area contributed by atoms with Gasteiger partial charge in [0, 0.05) is 11.1 Å². The Bertz CT molecular complexity index is 673. The van der Waals surface area contributed by atoms with E-state index in [1.54, 1.807) is 12.1 Å². The van der Waals surface area contributed by atoms with Crippen molar-refractivity contribution in [3.63, 3.8) is 0 Å². The number of halogens is 1. The molecule has 1 aromatic heterocycles. The van der Waals surface area contributed by atoms with Crippen LogP contribution >= 0.6 is 11.6 Å². The van der Waals surface area contributed by atoms with Crippen molar-refractivity contribution in [2.75, 3.05) is 11.1 Å². The second kappa shape index (κ2) is 6.36. The highest BCUT2D eigenvalue weighted by molar-refractivity contribution is 6.30. The quantitative estimate of drug-likeness (QED) is 0.803. The average molecular weight is 320 g/mol. The maximum Gasteiger partial charge on any atom is 0.228 e. The van der Waals surface area contributed by atoms with Crippen LogP contribution in [0.3, 0.4) is 0 Å². The van der Waals surface area contributed by atoms with Crippen LogP contribution in [-0.2, 0) is 0 Å². The fourth-order valence-electron chi connectivity index (χ4n) is 2.69. The number of hydrogen-bond acceptors (Lipinski definition) is 6. The summed E-state index contributed by atoms with van der Waals surface area (Å²) in [6.45, 7) is 0. The zero-order chi connectivity index (χ0) is 15.5. The number of phenols is 1. The first-order valence-electron chi connectivity index (χ1n) is 7.39. The number of aromatic hydroxyl groups is 1. The molecule has 0 amide bonds. The van der Waals surface area contributed by atoms with Crippen LogP contribution < -0.4 is 11.1 Å². The van der Waals surface area contributed by atoms with Gasteiger partial charge in [-0.25, -0.2) is 0 Å². The Morgan fingerprint density at radius 2 is 1.91 bits per heavy atom. The van der Waals surface area contributed by atoms with E-state index in [9.17, 15) is 5.11 Å². The molecule has 6 nitrogen and oxygen atoms in total. The molecule has 0 saturated heterocycles. The number of nitrogens with one attached hydrogen (secondary N) is 1. The van der Waals surface area contributed by atoms with Crippen LogP contribution in [0.5, 0.6) is 5.75 Å². The van der Waals surface area contributed by atoms with Crippen molar-refractivity contribution in [1.29, 1.82) is 0 Å². The van der Waals surface area contributed by atoms with Gasteiger partial charge in [0.15, 0.2) is 5.82 Å². The van der Waals surface area contributed by atoms with Gasteiger partial charge in [-0.05, 0) is 31.0 Å². The molecule has 1 aromatic carbocycles. The minimum Gasteiger partial charge on any atom is -0.507 e. The predicted octanol–water partition coefficient (Wildman–Crippen LogP) is 3.22. The normalized spacial score (nSPS) is 15.7. The number of benzene rings is 1. The van der Waals surface area contributed by atoms with E-state index in [-0.39, 0.29) is 11.7 Å². The first-order valence-corrected chi connectivity index (χ1v) is 7.76. The molecule has 1 aliphatic rings. The van der Waals surface area contributed by atoms with Gasteiger partial charge in [0.2, 0.25) is 11.9 Å². The average Bonchev–Trinajstić information content (AvgIpc) is 2.50. The van der Waals surface area contributed by atoms with E-state index in [1.807, 2.05) is 0 Å².